The zero-order chi connectivity index (χ0) is 10.4. The van der Waals surface area contributed by atoms with Crippen molar-refractivity contribution in [3.63, 3.8) is 0 Å². The fourth-order valence-corrected chi connectivity index (χ4v) is 2.80. The van der Waals surface area contributed by atoms with Gasteiger partial charge in [-0.15, -0.1) is 0 Å². The molecule has 2 rings (SSSR count). The molecule has 0 aromatic rings. The largest absolute Gasteiger partial charge is 0.300 e. The number of rotatable bonds is 2. The summed E-state index contributed by atoms with van der Waals surface area (Å²) in [5, 5.41) is 0. The average molecular weight is 197 g/mol. The number of nitrogens with zero attached hydrogens (tertiary/aromatic N) is 1. The van der Waals surface area contributed by atoms with Gasteiger partial charge in [0.05, 0.1) is 0 Å². The quantitative estimate of drug-likeness (QED) is 0.652. The maximum absolute atomic E-state index is 2.75. The SMILES string of the molecule is CC.CCC1CCN(C2CCCC2)C1. The van der Waals surface area contributed by atoms with E-state index in [9.17, 15) is 0 Å². The molecule has 1 aliphatic carbocycles. The lowest BCUT2D eigenvalue weighted by Crippen LogP contribution is -2.30. The van der Waals surface area contributed by atoms with Gasteiger partial charge >= 0.3 is 0 Å². The molecular formula is C13H27N. The molecule has 0 aromatic carbocycles. The summed E-state index contributed by atoms with van der Waals surface area (Å²) in [5.41, 5.74) is 0. The van der Waals surface area contributed by atoms with Crippen LogP contribution in [-0.4, -0.2) is 24.0 Å². The van der Waals surface area contributed by atoms with Gasteiger partial charge < -0.3 is 4.90 Å². The van der Waals surface area contributed by atoms with Gasteiger partial charge in [0.15, 0.2) is 0 Å². The summed E-state index contributed by atoms with van der Waals surface area (Å²) in [5.74, 6) is 1.02. The van der Waals surface area contributed by atoms with Crippen LogP contribution in [0.3, 0.4) is 0 Å². The molecule has 1 heterocycles. The summed E-state index contributed by atoms with van der Waals surface area (Å²) < 4.78 is 0. The lowest BCUT2D eigenvalue weighted by Gasteiger charge is -2.23. The summed E-state index contributed by atoms with van der Waals surface area (Å²) in [4.78, 5) is 2.75. The van der Waals surface area contributed by atoms with Gasteiger partial charge in [0, 0.05) is 12.6 Å². The van der Waals surface area contributed by atoms with Gasteiger partial charge in [-0.05, 0) is 31.7 Å². The molecule has 0 radical (unpaired) electrons. The van der Waals surface area contributed by atoms with E-state index in [-0.39, 0.29) is 0 Å². The highest BCUT2D eigenvalue weighted by atomic mass is 15.2. The molecule has 84 valence electrons. The summed E-state index contributed by atoms with van der Waals surface area (Å²) in [6.45, 7) is 9.13. The summed E-state index contributed by atoms with van der Waals surface area (Å²) in [6.07, 6.45) is 8.79. The number of likely N-dealkylation sites (tertiary alicyclic amines) is 1. The van der Waals surface area contributed by atoms with Crippen molar-refractivity contribution >= 4 is 0 Å². The van der Waals surface area contributed by atoms with Gasteiger partial charge in [-0.3, -0.25) is 0 Å². The molecule has 14 heavy (non-hydrogen) atoms. The third-order valence-electron chi connectivity index (χ3n) is 3.74. The molecule has 1 aliphatic heterocycles. The van der Waals surface area contributed by atoms with Crippen LogP contribution in [0.2, 0.25) is 0 Å². The monoisotopic (exact) mass is 197 g/mol. The van der Waals surface area contributed by atoms with Crippen LogP contribution in [0.25, 0.3) is 0 Å². The fraction of sp³-hybridized carbons (Fsp3) is 1.00. The van der Waals surface area contributed by atoms with E-state index in [0.717, 1.165) is 12.0 Å². The lowest BCUT2D eigenvalue weighted by atomic mass is 10.1. The van der Waals surface area contributed by atoms with Crippen molar-refractivity contribution in [3.05, 3.63) is 0 Å². The second-order valence-electron chi connectivity index (χ2n) is 4.50. The molecular weight excluding hydrogens is 170 g/mol. The maximum atomic E-state index is 2.75. The molecule has 0 spiro atoms. The van der Waals surface area contributed by atoms with Crippen molar-refractivity contribution < 1.29 is 0 Å². The molecule has 2 fully saturated rings. The second kappa shape index (κ2) is 6.44. The van der Waals surface area contributed by atoms with E-state index in [1.54, 1.807) is 0 Å². The van der Waals surface area contributed by atoms with E-state index >= 15 is 0 Å². The van der Waals surface area contributed by atoms with Gasteiger partial charge in [-0.2, -0.15) is 0 Å². The van der Waals surface area contributed by atoms with Crippen LogP contribution in [0.5, 0.6) is 0 Å². The average Bonchev–Trinajstić information content (AvgIpc) is 2.91. The normalized spacial score (nSPS) is 28.9. The Morgan fingerprint density at radius 2 is 1.71 bits per heavy atom. The minimum Gasteiger partial charge on any atom is -0.300 e. The van der Waals surface area contributed by atoms with E-state index in [2.05, 4.69) is 11.8 Å². The van der Waals surface area contributed by atoms with Gasteiger partial charge in [0.1, 0.15) is 0 Å². The van der Waals surface area contributed by atoms with Crippen LogP contribution in [0, 0.1) is 5.92 Å². The van der Waals surface area contributed by atoms with E-state index in [1.165, 1.54) is 51.6 Å². The predicted molar refractivity (Wildman–Crippen MR) is 63.6 cm³/mol. The van der Waals surface area contributed by atoms with Crippen LogP contribution in [0.4, 0.5) is 0 Å². The third kappa shape index (κ3) is 2.98. The predicted octanol–water partition coefficient (Wildman–Crippen LogP) is 3.69. The van der Waals surface area contributed by atoms with Gasteiger partial charge in [-0.25, -0.2) is 0 Å². The number of hydrogen-bond acceptors (Lipinski definition) is 1. The van der Waals surface area contributed by atoms with Crippen molar-refractivity contribution in [1.29, 1.82) is 0 Å². The van der Waals surface area contributed by atoms with E-state index < -0.39 is 0 Å². The van der Waals surface area contributed by atoms with Gasteiger partial charge in [0.2, 0.25) is 0 Å². The molecule has 1 nitrogen and oxygen atoms in total. The van der Waals surface area contributed by atoms with Gasteiger partial charge in [0.25, 0.3) is 0 Å². The number of hydrogen-bond donors (Lipinski definition) is 0. The molecule has 1 unspecified atom stereocenters. The first kappa shape index (κ1) is 12.0. The van der Waals surface area contributed by atoms with Crippen LogP contribution in [-0.2, 0) is 0 Å². The Kier molecular flexibility index (Phi) is 5.54. The Morgan fingerprint density at radius 3 is 2.21 bits per heavy atom. The Balaban J connectivity index is 0.000000461. The zero-order valence-electron chi connectivity index (χ0n) is 10.3. The van der Waals surface area contributed by atoms with Crippen molar-refractivity contribution in [2.45, 2.75) is 65.3 Å². The lowest BCUT2D eigenvalue weighted by molar-refractivity contribution is 0.236. The first-order chi connectivity index (χ1) is 6.90. The van der Waals surface area contributed by atoms with Crippen LogP contribution in [0.1, 0.15) is 59.3 Å². The maximum Gasteiger partial charge on any atom is 0.00953 e. The minimum atomic E-state index is 0.974. The molecule has 0 bridgehead atoms. The third-order valence-corrected chi connectivity index (χ3v) is 3.74. The highest BCUT2D eigenvalue weighted by molar-refractivity contribution is 4.83. The smallest absolute Gasteiger partial charge is 0.00953 e. The van der Waals surface area contributed by atoms with Crippen LogP contribution >= 0.6 is 0 Å². The molecule has 2 aliphatic rings. The van der Waals surface area contributed by atoms with Crippen molar-refractivity contribution in [1.82, 2.24) is 4.90 Å². The van der Waals surface area contributed by atoms with Gasteiger partial charge in [-0.1, -0.05) is 40.0 Å². The van der Waals surface area contributed by atoms with Crippen molar-refractivity contribution in [2.24, 2.45) is 5.92 Å². The Labute approximate surface area is 89.9 Å². The Morgan fingerprint density at radius 1 is 1.07 bits per heavy atom. The van der Waals surface area contributed by atoms with Crippen LogP contribution in [0.15, 0.2) is 0 Å². The topological polar surface area (TPSA) is 3.24 Å². The van der Waals surface area contributed by atoms with Crippen LogP contribution < -0.4 is 0 Å². The van der Waals surface area contributed by atoms with E-state index in [1.807, 2.05) is 13.8 Å². The summed E-state index contributed by atoms with van der Waals surface area (Å²) in [7, 11) is 0. The van der Waals surface area contributed by atoms with E-state index in [0.29, 0.717) is 0 Å². The second-order valence-corrected chi connectivity index (χ2v) is 4.50. The molecule has 1 atom stereocenters. The Bertz CT molecular complexity index is 138. The molecule has 1 heteroatoms. The highest BCUT2D eigenvalue weighted by Gasteiger charge is 2.28. The first-order valence-corrected chi connectivity index (χ1v) is 6.64. The van der Waals surface area contributed by atoms with Crippen molar-refractivity contribution in [3.8, 4) is 0 Å². The molecule has 1 saturated heterocycles. The van der Waals surface area contributed by atoms with Crippen molar-refractivity contribution in [2.75, 3.05) is 13.1 Å². The minimum absolute atomic E-state index is 0.974. The summed E-state index contributed by atoms with van der Waals surface area (Å²) >= 11 is 0. The highest BCUT2D eigenvalue weighted by Crippen LogP contribution is 2.29. The van der Waals surface area contributed by atoms with E-state index in [4.69, 9.17) is 0 Å². The fourth-order valence-electron chi connectivity index (χ4n) is 2.80. The molecule has 0 N–H and O–H groups in total. The first-order valence-electron chi connectivity index (χ1n) is 6.64. The molecule has 0 aromatic heterocycles. The molecule has 0 amide bonds. The zero-order valence-corrected chi connectivity index (χ0v) is 10.3. The Hall–Kier alpha value is -0.0400. The standard InChI is InChI=1S/C11H21N.C2H6/c1-2-10-7-8-12(9-10)11-5-3-4-6-11;1-2/h10-11H,2-9H2,1H3;1-2H3. The molecule has 1 saturated carbocycles. The summed E-state index contributed by atoms with van der Waals surface area (Å²) in [6, 6.07) is 0.974.